The van der Waals surface area contributed by atoms with Gasteiger partial charge in [0, 0.05) is 25.7 Å². The van der Waals surface area contributed by atoms with Crippen LogP contribution in [0, 0.1) is 6.92 Å². The van der Waals surface area contributed by atoms with E-state index in [4.69, 9.17) is 0 Å². The summed E-state index contributed by atoms with van der Waals surface area (Å²) in [7, 11) is 1.71. The Morgan fingerprint density at radius 1 is 1.06 bits per heavy atom. The van der Waals surface area contributed by atoms with Gasteiger partial charge < -0.3 is 10.6 Å². The summed E-state index contributed by atoms with van der Waals surface area (Å²) in [5.41, 5.74) is 2.68. The zero-order valence-corrected chi connectivity index (χ0v) is 17.7. The molecule has 0 aliphatic carbocycles. The van der Waals surface area contributed by atoms with E-state index >= 15 is 0 Å². The number of amides is 2. The molecule has 4 rings (SSSR count). The van der Waals surface area contributed by atoms with E-state index in [9.17, 15) is 14.4 Å². The Kier molecular flexibility index (Phi) is 5.80. The van der Waals surface area contributed by atoms with Crippen molar-refractivity contribution in [3.05, 3.63) is 82.5 Å². The number of nitrogens with zero attached hydrogens (tertiary/aromatic N) is 4. The Hall–Kier alpha value is -4.27. The van der Waals surface area contributed by atoms with Crippen LogP contribution in [0.3, 0.4) is 0 Å². The highest BCUT2D eigenvalue weighted by Gasteiger charge is 2.14. The Morgan fingerprint density at radius 3 is 2.69 bits per heavy atom. The van der Waals surface area contributed by atoms with Crippen LogP contribution in [0.1, 0.15) is 22.3 Å². The van der Waals surface area contributed by atoms with Crippen molar-refractivity contribution in [2.75, 3.05) is 10.6 Å². The molecular weight excluding hydrogens is 408 g/mol. The van der Waals surface area contributed by atoms with Gasteiger partial charge in [0.05, 0.1) is 23.8 Å². The minimum absolute atomic E-state index is 0.0428. The lowest BCUT2D eigenvalue weighted by Crippen LogP contribution is -2.24. The summed E-state index contributed by atoms with van der Waals surface area (Å²) < 4.78 is 2.90. The molecule has 2 aromatic heterocycles. The molecule has 32 heavy (non-hydrogen) atoms. The van der Waals surface area contributed by atoms with Gasteiger partial charge >= 0.3 is 0 Å². The van der Waals surface area contributed by atoms with Crippen molar-refractivity contribution in [3.63, 3.8) is 0 Å². The van der Waals surface area contributed by atoms with E-state index in [1.54, 1.807) is 37.4 Å². The first-order valence-corrected chi connectivity index (χ1v) is 10.1. The SMILES string of the molecule is Cc1cccc(NC(=O)c2ccccc2NC(=O)CCn2cnc3c(cnn3C)c2=O)c1. The van der Waals surface area contributed by atoms with Crippen LogP contribution >= 0.6 is 0 Å². The third-order valence-corrected chi connectivity index (χ3v) is 5.02. The number of anilines is 2. The molecular formula is C23H22N6O3. The minimum Gasteiger partial charge on any atom is -0.325 e. The molecule has 0 bridgehead atoms. The molecule has 0 fully saturated rings. The maximum absolute atomic E-state index is 12.8. The number of aromatic nitrogens is 4. The first-order chi connectivity index (χ1) is 15.4. The lowest BCUT2D eigenvalue weighted by molar-refractivity contribution is -0.116. The number of hydrogen-bond donors (Lipinski definition) is 2. The Balaban J connectivity index is 1.44. The second kappa shape index (κ2) is 8.84. The van der Waals surface area contributed by atoms with E-state index in [1.807, 2.05) is 25.1 Å². The maximum Gasteiger partial charge on any atom is 0.264 e. The zero-order valence-electron chi connectivity index (χ0n) is 17.7. The van der Waals surface area contributed by atoms with Crippen molar-refractivity contribution in [2.45, 2.75) is 19.9 Å². The molecule has 0 saturated heterocycles. The molecule has 2 aromatic carbocycles. The number of rotatable bonds is 6. The van der Waals surface area contributed by atoms with Gasteiger partial charge in [0.2, 0.25) is 5.91 Å². The quantitative estimate of drug-likeness (QED) is 0.489. The van der Waals surface area contributed by atoms with Crippen molar-refractivity contribution < 1.29 is 9.59 Å². The van der Waals surface area contributed by atoms with Crippen LogP contribution in [-0.2, 0) is 18.4 Å². The second-order valence-corrected chi connectivity index (χ2v) is 7.42. The molecule has 0 aliphatic heterocycles. The summed E-state index contributed by atoms with van der Waals surface area (Å²) in [6.45, 7) is 2.09. The summed E-state index contributed by atoms with van der Waals surface area (Å²) in [6, 6.07) is 14.2. The fourth-order valence-electron chi connectivity index (χ4n) is 3.37. The predicted molar refractivity (Wildman–Crippen MR) is 122 cm³/mol. The van der Waals surface area contributed by atoms with Crippen LogP contribution in [0.15, 0.2) is 65.8 Å². The number of carbonyl (C=O) groups excluding carboxylic acids is 2. The molecule has 9 nitrogen and oxygen atoms in total. The number of hydrogen-bond acceptors (Lipinski definition) is 5. The van der Waals surface area contributed by atoms with Crippen LogP contribution in [-0.4, -0.2) is 31.1 Å². The first kappa shape index (κ1) is 21.0. The molecule has 2 N–H and O–H groups in total. The van der Waals surface area contributed by atoms with Crippen molar-refractivity contribution in [2.24, 2.45) is 7.05 Å². The standard InChI is InChI=1S/C23H22N6O3/c1-15-6-5-7-16(12-15)26-22(31)17-8-3-4-9-19(17)27-20(30)10-11-29-14-24-21-18(23(29)32)13-25-28(21)2/h3-9,12-14H,10-11H2,1-2H3,(H,26,31)(H,27,30). The van der Waals surface area contributed by atoms with Crippen molar-refractivity contribution in [1.29, 1.82) is 0 Å². The van der Waals surface area contributed by atoms with Crippen LogP contribution in [0.4, 0.5) is 11.4 Å². The van der Waals surface area contributed by atoms with Crippen LogP contribution in [0.2, 0.25) is 0 Å². The summed E-state index contributed by atoms with van der Waals surface area (Å²) in [5.74, 6) is -0.645. The molecule has 162 valence electrons. The number of para-hydroxylation sites is 1. The van der Waals surface area contributed by atoms with Gasteiger partial charge in [0.15, 0.2) is 5.65 Å². The minimum atomic E-state index is -0.325. The molecule has 0 atom stereocenters. The zero-order chi connectivity index (χ0) is 22.7. The second-order valence-electron chi connectivity index (χ2n) is 7.42. The molecule has 0 aliphatic rings. The number of benzene rings is 2. The third-order valence-electron chi connectivity index (χ3n) is 5.02. The van der Waals surface area contributed by atoms with Crippen molar-refractivity contribution in [3.8, 4) is 0 Å². The molecule has 0 saturated carbocycles. The lowest BCUT2D eigenvalue weighted by atomic mass is 10.1. The normalized spacial score (nSPS) is 10.8. The van der Waals surface area contributed by atoms with Gasteiger partial charge in [-0.1, -0.05) is 24.3 Å². The van der Waals surface area contributed by atoms with Gasteiger partial charge in [-0.15, -0.1) is 0 Å². The Morgan fingerprint density at radius 2 is 1.88 bits per heavy atom. The highest BCUT2D eigenvalue weighted by Crippen LogP contribution is 2.18. The fraction of sp³-hybridized carbons (Fsp3) is 0.174. The largest absolute Gasteiger partial charge is 0.325 e. The number of fused-ring (bicyclic) bond motifs is 1. The number of aryl methyl sites for hydroxylation is 3. The molecule has 0 radical (unpaired) electrons. The predicted octanol–water partition coefficient (Wildman–Crippen LogP) is 2.72. The van der Waals surface area contributed by atoms with E-state index in [1.165, 1.54) is 21.8 Å². The average Bonchev–Trinajstić information content (AvgIpc) is 3.15. The van der Waals surface area contributed by atoms with Crippen LogP contribution in [0.5, 0.6) is 0 Å². The Labute approximate surface area is 183 Å². The van der Waals surface area contributed by atoms with E-state index < -0.39 is 0 Å². The Bertz CT molecular complexity index is 1370. The highest BCUT2D eigenvalue weighted by molar-refractivity contribution is 6.10. The molecule has 4 aromatic rings. The topological polar surface area (TPSA) is 111 Å². The van der Waals surface area contributed by atoms with Gasteiger partial charge in [-0.05, 0) is 36.8 Å². The molecule has 2 heterocycles. The highest BCUT2D eigenvalue weighted by atomic mass is 16.2. The first-order valence-electron chi connectivity index (χ1n) is 10.1. The number of nitrogens with one attached hydrogen (secondary N) is 2. The van der Waals surface area contributed by atoms with E-state index in [2.05, 4.69) is 20.7 Å². The monoisotopic (exact) mass is 430 g/mol. The molecule has 0 unspecified atom stereocenters. The maximum atomic E-state index is 12.8. The van der Waals surface area contributed by atoms with Gasteiger partial charge in [0.1, 0.15) is 5.39 Å². The van der Waals surface area contributed by atoms with E-state index in [-0.39, 0.29) is 30.3 Å². The smallest absolute Gasteiger partial charge is 0.264 e. The lowest BCUT2D eigenvalue weighted by Gasteiger charge is -2.12. The van der Waals surface area contributed by atoms with E-state index in [0.717, 1.165) is 5.56 Å². The van der Waals surface area contributed by atoms with E-state index in [0.29, 0.717) is 28.0 Å². The van der Waals surface area contributed by atoms with Gasteiger partial charge in [-0.25, -0.2) is 4.98 Å². The molecule has 2 amide bonds. The van der Waals surface area contributed by atoms with Crippen LogP contribution in [0.25, 0.3) is 11.0 Å². The third kappa shape index (κ3) is 4.41. The summed E-state index contributed by atoms with van der Waals surface area (Å²) in [6.07, 6.45) is 2.91. The van der Waals surface area contributed by atoms with Gasteiger partial charge in [0.25, 0.3) is 11.5 Å². The van der Waals surface area contributed by atoms with Crippen molar-refractivity contribution in [1.82, 2.24) is 19.3 Å². The molecule has 9 heteroatoms. The summed E-state index contributed by atoms with van der Waals surface area (Å²) >= 11 is 0. The van der Waals surface area contributed by atoms with Gasteiger partial charge in [-0.2, -0.15) is 5.10 Å². The van der Waals surface area contributed by atoms with Gasteiger partial charge in [-0.3, -0.25) is 23.6 Å². The van der Waals surface area contributed by atoms with Crippen LogP contribution < -0.4 is 16.2 Å². The number of carbonyl (C=O) groups is 2. The summed E-state index contributed by atoms with van der Waals surface area (Å²) in [4.78, 5) is 42.1. The molecule has 0 spiro atoms. The van der Waals surface area contributed by atoms with Crippen molar-refractivity contribution >= 4 is 34.2 Å². The fourth-order valence-corrected chi connectivity index (χ4v) is 3.37. The summed E-state index contributed by atoms with van der Waals surface area (Å²) in [5, 5.41) is 10.0. The average molecular weight is 430 g/mol.